The van der Waals surface area contributed by atoms with Gasteiger partial charge in [-0.25, -0.2) is 0 Å². The summed E-state index contributed by atoms with van der Waals surface area (Å²) >= 11 is 0. The number of likely N-dealkylation sites (N-methyl/N-ethyl adjacent to an activating group) is 1. The normalized spacial score (nSPS) is 18.4. The molecular weight excluding hydrogens is 212 g/mol. The van der Waals surface area contributed by atoms with Gasteiger partial charge in [-0.05, 0) is 44.4 Å². The van der Waals surface area contributed by atoms with E-state index in [1.807, 2.05) is 13.0 Å². The summed E-state index contributed by atoms with van der Waals surface area (Å²) in [5.41, 5.74) is 5.92. The van der Waals surface area contributed by atoms with Gasteiger partial charge >= 0.3 is 0 Å². The number of hydrogen-bond donors (Lipinski definition) is 1. The summed E-state index contributed by atoms with van der Waals surface area (Å²) in [6.07, 6.45) is 4.16. The van der Waals surface area contributed by atoms with Gasteiger partial charge in [0.1, 0.15) is 11.5 Å². The van der Waals surface area contributed by atoms with Gasteiger partial charge in [-0.2, -0.15) is 0 Å². The van der Waals surface area contributed by atoms with Crippen LogP contribution in [0.1, 0.15) is 43.7 Å². The highest BCUT2D eigenvalue weighted by Gasteiger charge is 2.26. The second-order valence-corrected chi connectivity index (χ2v) is 5.08. The van der Waals surface area contributed by atoms with Crippen molar-refractivity contribution in [3.63, 3.8) is 0 Å². The number of hydrogen-bond acceptors (Lipinski definition) is 3. The quantitative estimate of drug-likeness (QED) is 0.825. The van der Waals surface area contributed by atoms with E-state index in [0.717, 1.165) is 30.5 Å². The predicted molar refractivity (Wildman–Crippen MR) is 69.8 cm³/mol. The van der Waals surface area contributed by atoms with Crippen molar-refractivity contribution in [1.82, 2.24) is 4.90 Å². The van der Waals surface area contributed by atoms with Crippen LogP contribution in [-0.2, 0) is 0 Å². The van der Waals surface area contributed by atoms with Crippen LogP contribution in [-0.4, -0.2) is 24.5 Å². The number of nitrogens with zero attached hydrogens (tertiary/aromatic N) is 1. The van der Waals surface area contributed by atoms with Crippen molar-refractivity contribution in [3.8, 4) is 0 Å². The van der Waals surface area contributed by atoms with E-state index < -0.39 is 0 Å². The Morgan fingerprint density at radius 1 is 1.47 bits per heavy atom. The van der Waals surface area contributed by atoms with Crippen LogP contribution in [0.4, 0.5) is 0 Å². The molecule has 0 aliphatic heterocycles. The first-order valence-electron chi connectivity index (χ1n) is 6.75. The zero-order valence-corrected chi connectivity index (χ0v) is 11.0. The standard InChI is InChI=1S/C14H24N2O/c1-3-16(10-12-5-4-6-12)13(9-15)14-8-7-11(2)17-14/h7-8,12-13H,3-6,9-10,15H2,1-2H3. The van der Waals surface area contributed by atoms with Crippen LogP contribution in [0.2, 0.25) is 0 Å². The maximum absolute atomic E-state index is 5.92. The maximum Gasteiger partial charge on any atom is 0.122 e. The average Bonchev–Trinajstić information content (AvgIpc) is 2.68. The molecule has 17 heavy (non-hydrogen) atoms. The lowest BCUT2D eigenvalue weighted by Crippen LogP contribution is -2.38. The molecule has 3 nitrogen and oxygen atoms in total. The molecule has 0 aromatic carbocycles. The van der Waals surface area contributed by atoms with Gasteiger partial charge in [-0.15, -0.1) is 0 Å². The summed E-state index contributed by atoms with van der Waals surface area (Å²) in [7, 11) is 0. The summed E-state index contributed by atoms with van der Waals surface area (Å²) in [4.78, 5) is 2.46. The van der Waals surface area contributed by atoms with Gasteiger partial charge in [0.15, 0.2) is 0 Å². The SMILES string of the molecule is CCN(CC1CCC1)C(CN)c1ccc(C)o1. The average molecular weight is 236 g/mol. The minimum absolute atomic E-state index is 0.245. The molecule has 1 saturated carbocycles. The second kappa shape index (κ2) is 5.69. The van der Waals surface area contributed by atoms with Gasteiger partial charge in [0.05, 0.1) is 6.04 Å². The van der Waals surface area contributed by atoms with Gasteiger partial charge in [-0.1, -0.05) is 13.3 Å². The number of furan rings is 1. The number of aryl methyl sites for hydroxylation is 1. The van der Waals surface area contributed by atoms with Crippen LogP contribution >= 0.6 is 0 Å². The molecule has 0 spiro atoms. The van der Waals surface area contributed by atoms with Crippen molar-refractivity contribution < 1.29 is 4.42 Å². The van der Waals surface area contributed by atoms with Crippen molar-refractivity contribution in [2.45, 2.75) is 39.2 Å². The molecule has 0 radical (unpaired) electrons. The third-order valence-corrected chi connectivity index (χ3v) is 3.88. The first kappa shape index (κ1) is 12.7. The molecule has 1 aliphatic rings. The number of nitrogens with two attached hydrogens (primary N) is 1. The van der Waals surface area contributed by atoms with Crippen molar-refractivity contribution in [3.05, 3.63) is 23.7 Å². The van der Waals surface area contributed by atoms with E-state index in [1.165, 1.54) is 19.3 Å². The summed E-state index contributed by atoms with van der Waals surface area (Å²) < 4.78 is 5.73. The molecule has 1 heterocycles. The third kappa shape index (κ3) is 2.90. The Hall–Kier alpha value is -0.800. The van der Waals surface area contributed by atoms with Gasteiger partial charge in [0, 0.05) is 13.1 Å². The molecule has 0 bridgehead atoms. The van der Waals surface area contributed by atoms with Crippen LogP contribution < -0.4 is 5.73 Å². The van der Waals surface area contributed by atoms with E-state index in [2.05, 4.69) is 17.9 Å². The lowest BCUT2D eigenvalue weighted by molar-refractivity contribution is 0.128. The van der Waals surface area contributed by atoms with E-state index in [1.54, 1.807) is 0 Å². The second-order valence-electron chi connectivity index (χ2n) is 5.08. The van der Waals surface area contributed by atoms with E-state index in [-0.39, 0.29) is 6.04 Å². The lowest BCUT2D eigenvalue weighted by Gasteiger charge is -2.35. The first-order valence-corrected chi connectivity index (χ1v) is 6.75. The van der Waals surface area contributed by atoms with Gasteiger partial charge in [0.2, 0.25) is 0 Å². The minimum atomic E-state index is 0.245. The fourth-order valence-electron chi connectivity index (χ4n) is 2.56. The summed E-state index contributed by atoms with van der Waals surface area (Å²) in [6, 6.07) is 4.33. The third-order valence-electron chi connectivity index (χ3n) is 3.88. The van der Waals surface area contributed by atoms with Crippen LogP contribution in [0.5, 0.6) is 0 Å². The topological polar surface area (TPSA) is 42.4 Å². The molecule has 0 saturated heterocycles. The highest BCUT2D eigenvalue weighted by molar-refractivity contribution is 5.10. The van der Waals surface area contributed by atoms with Gasteiger partial charge in [-0.3, -0.25) is 4.90 Å². The van der Waals surface area contributed by atoms with E-state index >= 15 is 0 Å². The Kier molecular flexibility index (Phi) is 4.24. The Morgan fingerprint density at radius 3 is 2.65 bits per heavy atom. The molecule has 2 rings (SSSR count). The zero-order valence-electron chi connectivity index (χ0n) is 11.0. The summed E-state index contributed by atoms with van der Waals surface area (Å²) in [6.45, 7) is 7.03. The Labute approximate surface area is 104 Å². The van der Waals surface area contributed by atoms with Crippen LogP contribution in [0.25, 0.3) is 0 Å². The predicted octanol–water partition coefficient (Wildman–Crippen LogP) is 2.71. The molecule has 1 aliphatic carbocycles. The van der Waals surface area contributed by atoms with Crippen LogP contribution in [0.3, 0.4) is 0 Å². The molecule has 0 amide bonds. The zero-order chi connectivity index (χ0) is 12.3. The Balaban J connectivity index is 2.03. The molecule has 3 heteroatoms. The fourth-order valence-corrected chi connectivity index (χ4v) is 2.56. The van der Waals surface area contributed by atoms with Crippen LogP contribution in [0.15, 0.2) is 16.5 Å². The fraction of sp³-hybridized carbons (Fsp3) is 0.714. The molecular formula is C14H24N2O. The molecule has 1 unspecified atom stereocenters. The maximum atomic E-state index is 5.92. The molecule has 96 valence electrons. The molecule has 1 aromatic rings. The number of rotatable bonds is 6. The van der Waals surface area contributed by atoms with Crippen molar-refractivity contribution in [2.75, 3.05) is 19.6 Å². The lowest BCUT2D eigenvalue weighted by atomic mass is 9.85. The van der Waals surface area contributed by atoms with Crippen molar-refractivity contribution >= 4 is 0 Å². The highest BCUT2D eigenvalue weighted by Crippen LogP contribution is 2.30. The molecule has 1 aromatic heterocycles. The summed E-state index contributed by atoms with van der Waals surface area (Å²) in [5.74, 6) is 2.87. The monoisotopic (exact) mass is 236 g/mol. The first-order chi connectivity index (χ1) is 8.24. The van der Waals surface area contributed by atoms with E-state index in [9.17, 15) is 0 Å². The Bertz CT molecular complexity index is 344. The van der Waals surface area contributed by atoms with E-state index in [4.69, 9.17) is 10.2 Å². The Morgan fingerprint density at radius 2 is 2.24 bits per heavy atom. The van der Waals surface area contributed by atoms with Crippen LogP contribution in [0, 0.1) is 12.8 Å². The largest absolute Gasteiger partial charge is 0.465 e. The molecule has 1 atom stereocenters. The highest BCUT2D eigenvalue weighted by atomic mass is 16.3. The molecule has 1 fully saturated rings. The van der Waals surface area contributed by atoms with Gasteiger partial charge < -0.3 is 10.2 Å². The minimum Gasteiger partial charge on any atom is -0.465 e. The van der Waals surface area contributed by atoms with E-state index in [0.29, 0.717) is 6.54 Å². The van der Waals surface area contributed by atoms with Crippen molar-refractivity contribution in [1.29, 1.82) is 0 Å². The van der Waals surface area contributed by atoms with Gasteiger partial charge in [0.25, 0.3) is 0 Å². The molecule has 2 N–H and O–H groups in total. The summed E-state index contributed by atoms with van der Waals surface area (Å²) in [5, 5.41) is 0. The van der Waals surface area contributed by atoms with Crippen molar-refractivity contribution in [2.24, 2.45) is 11.7 Å². The smallest absolute Gasteiger partial charge is 0.122 e.